The highest BCUT2D eigenvalue weighted by atomic mass is 32.1. The van der Waals surface area contributed by atoms with Crippen molar-refractivity contribution in [3.63, 3.8) is 0 Å². The van der Waals surface area contributed by atoms with Gasteiger partial charge in [-0.1, -0.05) is 12.1 Å². The summed E-state index contributed by atoms with van der Waals surface area (Å²) in [7, 11) is 0. The number of thiazole rings is 1. The van der Waals surface area contributed by atoms with Gasteiger partial charge in [0.2, 0.25) is 0 Å². The van der Waals surface area contributed by atoms with Crippen LogP contribution < -0.4 is 5.32 Å². The topological polar surface area (TPSA) is 72.2 Å². The SMILES string of the molecule is CC(NC(=O)c1csc(-c2cccs2)n1)c1nnc2ccccn12. The van der Waals surface area contributed by atoms with Crippen molar-refractivity contribution in [1.82, 2.24) is 24.9 Å². The molecule has 0 saturated heterocycles. The van der Waals surface area contributed by atoms with E-state index in [0.29, 0.717) is 11.5 Å². The summed E-state index contributed by atoms with van der Waals surface area (Å²) >= 11 is 3.08. The highest BCUT2D eigenvalue weighted by Crippen LogP contribution is 2.27. The van der Waals surface area contributed by atoms with Crippen molar-refractivity contribution < 1.29 is 4.79 Å². The lowest BCUT2D eigenvalue weighted by molar-refractivity contribution is 0.0934. The molecule has 8 heteroatoms. The molecule has 120 valence electrons. The van der Waals surface area contributed by atoms with E-state index in [1.54, 1.807) is 16.7 Å². The van der Waals surface area contributed by atoms with E-state index in [4.69, 9.17) is 0 Å². The van der Waals surface area contributed by atoms with Crippen LogP contribution in [-0.4, -0.2) is 25.5 Å². The molecule has 0 aliphatic carbocycles. The van der Waals surface area contributed by atoms with Gasteiger partial charge in [-0.25, -0.2) is 4.98 Å². The fraction of sp³-hybridized carbons (Fsp3) is 0.125. The van der Waals surface area contributed by atoms with Crippen LogP contribution in [0.15, 0.2) is 47.3 Å². The van der Waals surface area contributed by atoms with Crippen LogP contribution in [0.4, 0.5) is 0 Å². The standard InChI is InChI=1S/C16H13N5OS2/c1-10(14-20-19-13-6-2-3-7-21(13)14)17-15(22)11-9-24-16(18-11)12-5-4-8-23-12/h2-10H,1H3,(H,17,22). The summed E-state index contributed by atoms with van der Waals surface area (Å²) in [4.78, 5) is 17.9. The maximum Gasteiger partial charge on any atom is 0.271 e. The Morgan fingerprint density at radius 3 is 2.96 bits per heavy atom. The lowest BCUT2D eigenvalue weighted by Gasteiger charge is -2.11. The lowest BCUT2D eigenvalue weighted by Crippen LogP contribution is -2.28. The number of carbonyl (C=O) groups is 1. The molecule has 4 heterocycles. The molecule has 4 aromatic rings. The van der Waals surface area contributed by atoms with E-state index in [-0.39, 0.29) is 11.9 Å². The molecule has 0 fully saturated rings. The zero-order valence-electron chi connectivity index (χ0n) is 12.7. The van der Waals surface area contributed by atoms with Gasteiger partial charge in [0.05, 0.1) is 10.9 Å². The van der Waals surface area contributed by atoms with Gasteiger partial charge in [-0.3, -0.25) is 9.20 Å². The van der Waals surface area contributed by atoms with Gasteiger partial charge < -0.3 is 5.32 Å². The van der Waals surface area contributed by atoms with Gasteiger partial charge in [-0.05, 0) is 30.5 Å². The third-order valence-corrected chi connectivity index (χ3v) is 5.43. The summed E-state index contributed by atoms with van der Waals surface area (Å²) in [6, 6.07) is 9.37. The zero-order chi connectivity index (χ0) is 16.5. The van der Waals surface area contributed by atoms with Crippen LogP contribution in [-0.2, 0) is 0 Å². The van der Waals surface area contributed by atoms with E-state index in [0.717, 1.165) is 15.5 Å². The van der Waals surface area contributed by atoms with Gasteiger partial charge in [-0.2, -0.15) is 0 Å². The van der Waals surface area contributed by atoms with E-state index < -0.39 is 0 Å². The highest BCUT2D eigenvalue weighted by Gasteiger charge is 2.18. The number of rotatable bonds is 4. The first-order chi connectivity index (χ1) is 11.7. The molecule has 0 spiro atoms. The predicted molar refractivity (Wildman–Crippen MR) is 94.3 cm³/mol. The number of nitrogens with one attached hydrogen (secondary N) is 1. The molecule has 6 nitrogen and oxygen atoms in total. The molecule has 1 amide bonds. The summed E-state index contributed by atoms with van der Waals surface area (Å²) in [5.74, 6) is 0.474. The molecule has 4 aromatic heterocycles. The van der Waals surface area contributed by atoms with E-state index in [2.05, 4.69) is 20.5 Å². The molecule has 0 aliphatic rings. The Balaban J connectivity index is 1.53. The zero-order valence-corrected chi connectivity index (χ0v) is 14.3. The van der Waals surface area contributed by atoms with Crippen LogP contribution in [0, 0.1) is 0 Å². The Morgan fingerprint density at radius 2 is 2.12 bits per heavy atom. The Bertz CT molecular complexity index is 989. The minimum Gasteiger partial charge on any atom is -0.341 e. The molecular formula is C16H13N5OS2. The van der Waals surface area contributed by atoms with Gasteiger partial charge in [0.1, 0.15) is 10.7 Å². The summed E-state index contributed by atoms with van der Waals surface area (Å²) in [6.45, 7) is 1.88. The van der Waals surface area contributed by atoms with Gasteiger partial charge in [0.25, 0.3) is 5.91 Å². The molecule has 0 aliphatic heterocycles. The maximum atomic E-state index is 12.4. The van der Waals surface area contributed by atoms with Crippen molar-refractivity contribution in [3.05, 3.63) is 58.8 Å². The van der Waals surface area contributed by atoms with Gasteiger partial charge in [-0.15, -0.1) is 32.9 Å². The molecule has 0 aromatic carbocycles. The van der Waals surface area contributed by atoms with Crippen molar-refractivity contribution >= 4 is 34.2 Å². The predicted octanol–water partition coefficient (Wildman–Crippen LogP) is 3.41. The number of fused-ring (bicyclic) bond motifs is 1. The van der Waals surface area contributed by atoms with E-state index in [1.807, 2.05) is 53.2 Å². The normalized spacial score (nSPS) is 12.4. The molecular weight excluding hydrogens is 342 g/mol. The third kappa shape index (κ3) is 2.70. The number of nitrogens with zero attached hydrogens (tertiary/aromatic N) is 4. The van der Waals surface area contributed by atoms with Crippen molar-refractivity contribution in [2.75, 3.05) is 0 Å². The van der Waals surface area contributed by atoms with Crippen LogP contribution in [0.1, 0.15) is 29.3 Å². The maximum absolute atomic E-state index is 12.4. The minimum absolute atomic E-state index is 0.214. The van der Waals surface area contributed by atoms with Gasteiger partial charge >= 0.3 is 0 Å². The Labute approximate surface area is 145 Å². The monoisotopic (exact) mass is 355 g/mol. The number of aromatic nitrogens is 4. The van der Waals surface area contributed by atoms with Crippen LogP contribution in [0.5, 0.6) is 0 Å². The summed E-state index contributed by atoms with van der Waals surface area (Å²) < 4.78 is 1.86. The first-order valence-electron chi connectivity index (χ1n) is 7.32. The van der Waals surface area contributed by atoms with Crippen molar-refractivity contribution in [2.24, 2.45) is 0 Å². The second kappa shape index (κ2) is 6.14. The highest BCUT2D eigenvalue weighted by molar-refractivity contribution is 7.20. The summed E-state index contributed by atoms with van der Waals surface area (Å²) in [5.41, 5.74) is 1.17. The largest absolute Gasteiger partial charge is 0.341 e. The molecule has 24 heavy (non-hydrogen) atoms. The van der Waals surface area contributed by atoms with Crippen molar-refractivity contribution in [2.45, 2.75) is 13.0 Å². The quantitative estimate of drug-likeness (QED) is 0.609. The van der Waals surface area contributed by atoms with Crippen LogP contribution in [0.25, 0.3) is 15.5 Å². The number of hydrogen-bond donors (Lipinski definition) is 1. The Morgan fingerprint density at radius 1 is 1.21 bits per heavy atom. The molecule has 1 N–H and O–H groups in total. The Hall–Kier alpha value is -2.58. The number of carbonyl (C=O) groups excluding carboxylic acids is 1. The van der Waals surface area contributed by atoms with Crippen molar-refractivity contribution in [1.29, 1.82) is 0 Å². The molecule has 0 saturated carbocycles. The molecule has 0 bridgehead atoms. The van der Waals surface area contributed by atoms with Crippen LogP contribution in [0.3, 0.4) is 0 Å². The van der Waals surface area contributed by atoms with Gasteiger partial charge in [0.15, 0.2) is 11.5 Å². The molecule has 0 radical (unpaired) electrons. The van der Waals surface area contributed by atoms with E-state index >= 15 is 0 Å². The molecule has 1 atom stereocenters. The average molecular weight is 355 g/mol. The van der Waals surface area contributed by atoms with Crippen LogP contribution >= 0.6 is 22.7 Å². The average Bonchev–Trinajstić information content (AvgIpc) is 3.33. The summed E-state index contributed by atoms with van der Waals surface area (Å²) in [5, 5.41) is 15.8. The van der Waals surface area contributed by atoms with Gasteiger partial charge in [0, 0.05) is 11.6 Å². The Kier molecular flexibility index (Phi) is 3.83. The number of amides is 1. The van der Waals surface area contributed by atoms with Crippen LogP contribution in [0.2, 0.25) is 0 Å². The second-order valence-corrected chi connectivity index (χ2v) is 7.00. The van der Waals surface area contributed by atoms with Crippen molar-refractivity contribution in [3.8, 4) is 9.88 Å². The number of thiophene rings is 1. The van der Waals surface area contributed by atoms with E-state index in [1.165, 1.54) is 11.3 Å². The molecule has 1 unspecified atom stereocenters. The summed E-state index contributed by atoms with van der Waals surface area (Å²) in [6.07, 6.45) is 1.88. The molecule has 4 rings (SSSR count). The number of hydrogen-bond acceptors (Lipinski definition) is 6. The third-order valence-electron chi connectivity index (χ3n) is 3.54. The lowest BCUT2D eigenvalue weighted by atomic mass is 10.3. The van der Waals surface area contributed by atoms with E-state index in [9.17, 15) is 4.79 Å². The number of pyridine rings is 1. The minimum atomic E-state index is -0.276. The fourth-order valence-corrected chi connectivity index (χ4v) is 4.00. The first kappa shape index (κ1) is 15.0. The smallest absolute Gasteiger partial charge is 0.271 e. The first-order valence-corrected chi connectivity index (χ1v) is 9.08. The fourth-order valence-electron chi connectivity index (χ4n) is 2.38. The second-order valence-electron chi connectivity index (χ2n) is 5.20.